The highest BCUT2D eigenvalue weighted by Gasteiger charge is 2.49. The third-order valence-corrected chi connectivity index (χ3v) is 7.51. The van der Waals surface area contributed by atoms with Crippen LogP contribution in [0.2, 0.25) is 5.02 Å². The molecule has 35 heavy (non-hydrogen) atoms. The summed E-state index contributed by atoms with van der Waals surface area (Å²) in [5.41, 5.74) is 1.49. The van der Waals surface area contributed by atoms with Gasteiger partial charge in [-0.3, -0.25) is 14.6 Å². The minimum atomic E-state index is -1.10. The lowest BCUT2D eigenvalue weighted by Gasteiger charge is -2.25. The number of carbonyl (C=O) groups is 3. The Bertz CT molecular complexity index is 1340. The molecule has 0 bridgehead atoms. The normalized spacial score (nSPS) is 18.7. The van der Waals surface area contributed by atoms with Crippen LogP contribution >= 0.6 is 22.9 Å². The molecule has 2 aliphatic rings. The Labute approximate surface area is 209 Å². The molecule has 1 N–H and O–H groups in total. The highest BCUT2D eigenvalue weighted by molar-refractivity contribution is 7.13. The molecule has 0 saturated carbocycles. The molecule has 1 unspecified atom stereocenters. The van der Waals surface area contributed by atoms with E-state index in [4.69, 9.17) is 21.4 Å². The predicted octanol–water partition coefficient (Wildman–Crippen LogP) is 3.76. The van der Waals surface area contributed by atoms with Crippen molar-refractivity contribution in [1.29, 1.82) is 0 Å². The van der Waals surface area contributed by atoms with Crippen LogP contribution in [0.3, 0.4) is 0 Å². The molecule has 5 rings (SSSR count). The summed E-state index contributed by atoms with van der Waals surface area (Å²) in [5.74, 6) is -0.913. The van der Waals surface area contributed by atoms with Crippen LogP contribution in [0.15, 0.2) is 42.9 Å². The topological polar surface area (TPSA) is 113 Å². The number of hydrogen-bond donors (Lipinski definition) is 1. The molecule has 1 saturated heterocycles. The first-order valence-electron chi connectivity index (χ1n) is 10.9. The van der Waals surface area contributed by atoms with Crippen LogP contribution in [-0.4, -0.2) is 57.4 Å². The number of thiazole rings is 1. The summed E-state index contributed by atoms with van der Waals surface area (Å²) in [7, 11) is 0. The van der Waals surface area contributed by atoms with Crippen molar-refractivity contribution >= 4 is 46.4 Å². The van der Waals surface area contributed by atoms with Crippen molar-refractivity contribution in [1.82, 2.24) is 14.9 Å². The number of pyridine rings is 1. The van der Waals surface area contributed by atoms with Gasteiger partial charge in [-0.05, 0) is 36.2 Å². The van der Waals surface area contributed by atoms with Gasteiger partial charge in [0.2, 0.25) is 16.9 Å². The number of carboxylic acids is 1. The van der Waals surface area contributed by atoms with Crippen LogP contribution in [0, 0.1) is 0 Å². The fraction of sp³-hybridized carbons (Fsp3) is 0.292. The molecule has 1 atom stereocenters. The van der Waals surface area contributed by atoms with Gasteiger partial charge in [0.05, 0.1) is 24.4 Å². The summed E-state index contributed by atoms with van der Waals surface area (Å²) >= 11 is 7.50. The van der Waals surface area contributed by atoms with Crippen molar-refractivity contribution in [3.63, 3.8) is 0 Å². The molecule has 0 radical (unpaired) electrons. The average molecular weight is 513 g/mol. The van der Waals surface area contributed by atoms with Gasteiger partial charge in [0.25, 0.3) is 0 Å². The maximum Gasteiger partial charge on any atom is 0.337 e. The molecule has 2 aromatic heterocycles. The Morgan fingerprint density at radius 3 is 2.77 bits per heavy atom. The lowest BCUT2D eigenvalue weighted by atomic mass is 9.81. The fourth-order valence-electron chi connectivity index (χ4n) is 4.71. The number of likely N-dealkylation sites (tertiary alicyclic amines) is 1. The van der Waals surface area contributed by atoms with Crippen molar-refractivity contribution in [3.8, 4) is 10.8 Å². The van der Waals surface area contributed by atoms with Gasteiger partial charge in [-0.25, -0.2) is 9.78 Å². The molecule has 1 aromatic carbocycles. The second-order valence-electron chi connectivity index (χ2n) is 8.68. The number of anilines is 1. The summed E-state index contributed by atoms with van der Waals surface area (Å²) in [6.45, 7) is 3.24. The number of benzene rings is 1. The van der Waals surface area contributed by atoms with Crippen LogP contribution in [0.25, 0.3) is 0 Å². The number of nitrogens with zero attached hydrogens (tertiary/aromatic N) is 4. The molecule has 9 nitrogen and oxygen atoms in total. The summed E-state index contributed by atoms with van der Waals surface area (Å²) < 4.78 is 5.69. The minimum Gasteiger partial charge on any atom is -0.478 e. The fourth-order valence-corrected chi connectivity index (χ4v) is 5.66. The number of hydrogen-bond acceptors (Lipinski definition) is 7. The molecule has 1 spiro atoms. The number of amides is 2. The lowest BCUT2D eigenvalue weighted by molar-refractivity contribution is -0.128. The zero-order valence-corrected chi connectivity index (χ0v) is 20.3. The van der Waals surface area contributed by atoms with Gasteiger partial charge in [0.1, 0.15) is 10.8 Å². The van der Waals surface area contributed by atoms with E-state index in [0.29, 0.717) is 34.7 Å². The zero-order valence-electron chi connectivity index (χ0n) is 18.7. The number of halogens is 1. The summed E-state index contributed by atoms with van der Waals surface area (Å²) in [6.07, 6.45) is 4.99. The van der Waals surface area contributed by atoms with Crippen LogP contribution < -0.4 is 9.64 Å². The van der Waals surface area contributed by atoms with Gasteiger partial charge >= 0.3 is 5.97 Å². The number of aromatic carboxylic acids is 1. The Hall–Kier alpha value is -3.50. The first-order valence-corrected chi connectivity index (χ1v) is 12.1. The Morgan fingerprint density at radius 2 is 2.03 bits per heavy atom. The number of aromatic nitrogens is 2. The van der Waals surface area contributed by atoms with Crippen molar-refractivity contribution in [2.45, 2.75) is 25.2 Å². The Balaban J connectivity index is 1.33. The number of rotatable bonds is 5. The summed E-state index contributed by atoms with van der Waals surface area (Å²) in [5, 5.41) is 10.7. The molecule has 4 heterocycles. The first kappa shape index (κ1) is 23.3. The van der Waals surface area contributed by atoms with E-state index in [9.17, 15) is 14.4 Å². The molecular weight excluding hydrogens is 492 g/mol. The van der Waals surface area contributed by atoms with Gasteiger partial charge in [-0.1, -0.05) is 22.9 Å². The number of carbonyl (C=O) groups excluding carboxylic acids is 2. The zero-order chi connectivity index (χ0) is 24.7. The monoisotopic (exact) mass is 512 g/mol. The molecule has 11 heteroatoms. The van der Waals surface area contributed by atoms with Gasteiger partial charge in [0.15, 0.2) is 0 Å². The van der Waals surface area contributed by atoms with E-state index < -0.39 is 5.97 Å². The van der Waals surface area contributed by atoms with Crippen LogP contribution in [-0.2, 0) is 21.4 Å². The van der Waals surface area contributed by atoms with Crippen LogP contribution in [0.1, 0.15) is 34.3 Å². The van der Waals surface area contributed by atoms with Crippen LogP contribution in [0.5, 0.6) is 10.8 Å². The molecule has 180 valence electrons. The second-order valence-corrected chi connectivity index (χ2v) is 10.2. The molecule has 1 fully saturated rings. The lowest BCUT2D eigenvalue weighted by Crippen LogP contribution is -2.40. The predicted molar refractivity (Wildman–Crippen MR) is 129 cm³/mol. The van der Waals surface area contributed by atoms with E-state index in [0.717, 1.165) is 17.7 Å². The number of ether oxygens (including phenoxy) is 1. The highest BCUT2D eigenvalue weighted by Crippen LogP contribution is 2.47. The van der Waals surface area contributed by atoms with Crippen molar-refractivity contribution in [3.05, 3.63) is 64.0 Å². The quantitative estimate of drug-likeness (QED) is 0.553. The van der Waals surface area contributed by atoms with Gasteiger partial charge in [-0.2, -0.15) is 0 Å². The smallest absolute Gasteiger partial charge is 0.337 e. The van der Waals surface area contributed by atoms with E-state index >= 15 is 0 Å². The van der Waals surface area contributed by atoms with E-state index in [1.54, 1.807) is 17.9 Å². The van der Waals surface area contributed by atoms with E-state index in [1.807, 2.05) is 17.0 Å². The van der Waals surface area contributed by atoms with E-state index in [-0.39, 0.29) is 35.0 Å². The molecular formula is C24H21ClN4O5S. The van der Waals surface area contributed by atoms with Crippen LogP contribution in [0.4, 0.5) is 5.69 Å². The van der Waals surface area contributed by atoms with E-state index in [2.05, 4.69) is 9.97 Å². The largest absolute Gasteiger partial charge is 0.478 e. The van der Waals surface area contributed by atoms with Gasteiger partial charge in [0, 0.05) is 48.9 Å². The Kier molecular flexibility index (Phi) is 5.94. The second kappa shape index (κ2) is 8.94. The Morgan fingerprint density at radius 1 is 1.20 bits per heavy atom. The van der Waals surface area contributed by atoms with Gasteiger partial charge in [-0.15, -0.1) is 0 Å². The van der Waals surface area contributed by atoms with Crippen molar-refractivity contribution < 1.29 is 24.2 Å². The third kappa shape index (κ3) is 4.46. The number of fused-ring (bicyclic) bond motifs is 2. The summed E-state index contributed by atoms with van der Waals surface area (Å²) in [6, 6.07) is 6.91. The molecule has 3 aromatic rings. The average Bonchev–Trinajstić information content (AvgIpc) is 3.53. The third-order valence-electron chi connectivity index (χ3n) is 6.40. The number of carboxylic acid groups (broad SMARTS) is 1. The van der Waals surface area contributed by atoms with Crippen molar-refractivity contribution in [2.24, 2.45) is 0 Å². The van der Waals surface area contributed by atoms with E-state index in [1.165, 1.54) is 36.0 Å². The first-order chi connectivity index (χ1) is 16.7. The van der Waals surface area contributed by atoms with Crippen molar-refractivity contribution in [2.75, 3.05) is 24.5 Å². The molecule has 0 aliphatic carbocycles. The maximum absolute atomic E-state index is 13.4. The van der Waals surface area contributed by atoms with Gasteiger partial charge < -0.3 is 19.6 Å². The SMILES string of the molecule is CC(=O)N1CCC2(C1)CN(C(=O)Cc1ncc(Oc3cncc(C(=O)O)c3)s1)c1ccc(Cl)cc12. The highest BCUT2D eigenvalue weighted by atomic mass is 35.5. The molecule has 2 amide bonds. The summed E-state index contributed by atoms with van der Waals surface area (Å²) in [4.78, 5) is 48.2. The maximum atomic E-state index is 13.4. The molecule has 2 aliphatic heterocycles. The standard InChI is InChI=1S/C24H21ClN4O5S/c1-14(30)28-5-4-24(12-28)13-29(19-3-2-16(25)7-18(19)24)21(31)8-20-27-11-22(35-20)34-17-6-15(23(32)33)9-26-10-17/h2-3,6-7,9-11H,4-5,8,12-13H2,1H3,(H,32,33). The minimum absolute atomic E-state index is 0.0133.